The third-order valence-corrected chi connectivity index (χ3v) is 2.68. The second-order valence-electron chi connectivity index (χ2n) is 4.53. The average Bonchev–Trinajstić information content (AvgIpc) is 2.50. The van der Waals surface area contributed by atoms with E-state index < -0.39 is 12.2 Å². The summed E-state index contributed by atoms with van der Waals surface area (Å²) in [5.74, 6) is 0. The zero-order chi connectivity index (χ0) is 16.5. The smallest absolute Gasteiger partial charge is 0.407 e. The van der Waals surface area contributed by atoms with Gasteiger partial charge in [-0.2, -0.15) is 0 Å². The number of carbonyl (C=O) groups excluding carboxylic acids is 2. The van der Waals surface area contributed by atoms with Crippen LogP contribution < -0.4 is 10.6 Å². The van der Waals surface area contributed by atoms with Gasteiger partial charge in [-0.15, -0.1) is 0 Å². The predicted molar refractivity (Wildman–Crippen MR) is 80.9 cm³/mol. The average molecular weight is 320 g/mol. The van der Waals surface area contributed by atoms with Gasteiger partial charge in [0.15, 0.2) is 0 Å². The minimum Gasteiger partial charge on any atom is -0.447 e. The molecule has 0 aromatic carbocycles. The Hall–Kier alpha value is -1.54. The number of alkyl carbamates (subject to hydrolysis) is 2. The molecule has 0 aromatic rings. The van der Waals surface area contributed by atoms with Crippen LogP contribution in [0.15, 0.2) is 0 Å². The lowest BCUT2D eigenvalue weighted by molar-refractivity contribution is 0.0980. The summed E-state index contributed by atoms with van der Waals surface area (Å²) in [5, 5.41) is 5.32. The molecule has 2 amide bonds. The van der Waals surface area contributed by atoms with Crippen molar-refractivity contribution in [2.45, 2.75) is 25.7 Å². The first-order valence-corrected chi connectivity index (χ1v) is 7.49. The molecule has 2 N–H and O–H groups in total. The number of carbonyl (C=O) groups is 2. The Morgan fingerprint density at radius 2 is 1.09 bits per heavy atom. The van der Waals surface area contributed by atoms with Gasteiger partial charge in [-0.3, -0.25) is 0 Å². The number of ether oxygens (including phenoxy) is 4. The van der Waals surface area contributed by atoms with Gasteiger partial charge in [-0.1, -0.05) is 12.8 Å². The highest BCUT2D eigenvalue weighted by Gasteiger charge is 2.01. The normalized spacial score (nSPS) is 10.1. The SMILES string of the molecule is COCCOC(=O)NCCCCCCNC(=O)OCCOC. The fourth-order valence-electron chi connectivity index (χ4n) is 1.52. The molecule has 0 aliphatic rings. The third-order valence-electron chi connectivity index (χ3n) is 2.68. The van der Waals surface area contributed by atoms with Crippen LogP contribution in [-0.2, 0) is 18.9 Å². The minimum absolute atomic E-state index is 0.258. The predicted octanol–water partition coefficient (Wildman–Crippen LogP) is 1.29. The van der Waals surface area contributed by atoms with Crippen molar-refractivity contribution >= 4 is 12.2 Å². The van der Waals surface area contributed by atoms with Gasteiger partial charge in [0.2, 0.25) is 0 Å². The zero-order valence-electron chi connectivity index (χ0n) is 13.5. The fraction of sp³-hybridized carbons (Fsp3) is 0.857. The maximum atomic E-state index is 11.2. The van der Waals surface area contributed by atoms with Gasteiger partial charge in [0.1, 0.15) is 13.2 Å². The van der Waals surface area contributed by atoms with Crippen LogP contribution in [0.2, 0.25) is 0 Å². The van der Waals surface area contributed by atoms with E-state index in [9.17, 15) is 9.59 Å². The van der Waals surface area contributed by atoms with Crippen molar-refractivity contribution in [3.8, 4) is 0 Å². The highest BCUT2D eigenvalue weighted by atomic mass is 16.6. The summed E-state index contributed by atoms with van der Waals surface area (Å²) in [5.41, 5.74) is 0. The van der Waals surface area contributed by atoms with Crippen LogP contribution >= 0.6 is 0 Å². The van der Waals surface area contributed by atoms with Crippen LogP contribution in [-0.4, -0.2) is 65.9 Å². The van der Waals surface area contributed by atoms with Crippen molar-refractivity contribution < 1.29 is 28.5 Å². The molecule has 0 bridgehead atoms. The molecule has 0 rings (SSSR count). The molecule has 130 valence electrons. The van der Waals surface area contributed by atoms with Gasteiger partial charge in [-0.05, 0) is 12.8 Å². The van der Waals surface area contributed by atoms with E-state index in [0.717, 1.165) is 25.7 Å². The summed E-state index contributed by atoms with van der Waals surface area (Å²) in [4.78, 5) is 22.4. The van der Waals surface area contributed by atoms with Crippen molar-refractivity contribution in [3.05, 3.63) is 0 Å². The summed E-state index contributed by atoms with van der Waals surface area (Å²) in [7, 11) is 3.10. The molecule has 0 aromatic heterocycles. The molecule has 22 heavy (non-hydrogen) atoms. The molecule has 0 aliphatic heterocycles. The largest absolute Gasteiger partial charge is 0.447 e. The quantitative estimate of drug-likeness (QED) is 0.497. The van der Waals surface area contributed by atoms with E-state index in [-0.39, 0.29) is 13.2 Å². The van der Waals surface area contributed by atoms with Crippen molar-refractivity contribution in [1.29, 1.82) is 0 Å². The first-order chi connectivity index (χ1) is 10.7. The monoisotopic (exact) mass is 320 g/mol. The number of nitrogens with one attached hydrogen (secondary N) is 2. The lowest BCUT2D eigenvalue weighted by Gasteiger charge is -2.07. The van der Waals surface area contributed by atoms with E-state index in [1.165, 1.54) is 0 Å². The third kappa shape index (κ3) is 14.9. The van der Waals surface area contributed by atoms with Gasteiger partial charge < -0.3 is 29.6 Å². The molecule has 8 nitrogen and oxygen atoms in total. The van der Waals surface area contributed by atoms with Gasteiger partial charge in [0, 0.05) is 27.3 Å². The maximum Gasteiger partial charge on any atom is 0.407 e. The molecule has 0 saturated heterocycles. The molecule has 0 saturated carbocycles. The second-order valence-corrected chi connectivity index (χ2v) is 4.53. The minimum atomic E-state index is -0.419. The standard InChI is InChI=1S/C14H28N2O6/c1-19-9-11-21-13(17)15-7-5-3-4-6-8-16-14(18)22-12-10-20-2/h3-12H2,1-2H3,(H,15,17)(H,16,18). The molecule has 0 aliphatic carbocycles. The number of hydrogen-bond donors (Lipinski definition) is 2. The van der Waals surface area contributed by atoms with E-state index in [0.29, 0.717) is 26.3 Å². The van der Waals surface area contributed by atoms with Gasteiger partial charge in [0.05, 0.1) is 13.2 Å². The van der Waals surface area contributed by atoms with E-state index in [1.54, 1.807) is 14.2 Å². The van der Waals surface area contributed by atoms with Crippen LogP contribution in [0.3, 0.4) is 0 Å². The first kappa shape index (κ1) is 20.5. The van der Waals surface area contributed by atoms with E-state index >= 15 is 0 Å². The van der Waals surface area contributed by atoms with Gasteiger partial charge in [-0.25, -0.2) is 9.59 Å². The Bertz CT molecular complexity index is 261. The summed E-state index contributed by atoms with van der Waals surface area (Å²) >= 11 is 0. The molecular formula is C14H28N2O6. The molecule has 0 unspecified atom stereocenters. The molecule has 0 spiro atoms. The highest BCUT2D eigenvalue weighted by molar-refractivity contribution is 5.67. The van der Waals surface area contributed by atoms with Crippen molar-refractivity contribution in [1.82, 2.24) is 10.6 Å². The number of methoxy groups -OCH3 is 2. The molecule has 0 atom stereocenters. The second kappa shape index (κ2) is 15.8. The molecule has 0 radical (unpaired) electrons. The zero-order valence-corrected chi connectivity index (χ0v) is 13.5. The molecule has 0 fully saturated rings. The Balaban J connectivity index is 3.23. The van der Waals surface area contributed by atoms with Crippen molar-refractivity contribution in [2.24, 2.45) is 0 Å². The maximum absolute atomic E-state index is 11.2. The number of unbranched alkanes of at least 4 members (excludes halogenated alkanes) is 3. The lowest BCUT2D eigenvalue weighted by atomic mass is 10.2. The summed E-state index contributed by atoms with van der Waals surface area (Å²) in [6.07, 6.45) is 2.85. The molecule has 8 heteroatoms. The van der Waals surface area contributed by atoms with Crippen molar-refractivity contribution in [3.63, 3.8) is 0 Å². The van der Waals surface area contributed by atoms with Crippen LogP contribution in [0.4, 0.5) is 9.59 Å². The van der Waals surface area contributed by atoms with E-state index in [2.05, 4.69) is 10.6 Å². The molecular weight excluding hydrogens is 292 g/mol. The topological polar surface area (TPSA) is 95.1 Å². The lowest BCUT2D eigenvalue weighted by Crippen LogP contribution is -2.27. The number of rotatable bonds is 13. The first-order valence-electron chi connectivity index (χ1n) is 7.49. The number of hydrogen-bond acceptors (Lipinski definition) is 6. The molecule has 0 heterocycles. The summed E-state index contributed by atoms with van der Waals surface area (Å²) in [6.45, 7) is 2.47. The summed E-state index contributed by atoms with van der Waals surface area (Å²) in [6, 6.07) is 0. The van der Waals surface area contributed by atoms with E-state index in [1.807, 2.05) is 0 Å². The van der Waals surface area contributed by atoms with E-state index in [4.69, 9.17) is 18.9 Å². The van der Waals surface area contributed by atoms with Gasteiger partial charge in [0.25, 0.3) is 0 Å². The Kier molecular flexibility index (Phi) is 14.7. The summed E-state index contributed by atoms with van der Waals surface area (Å²) < 4.78 is 19.2. The Morgan fingerprint density at radius 3 is 1.45 bits per heavy atom. The number of amides is 2. The van der Waals surface area contributed by atoms with Crippen LogP contribution in [0.5, 0.6) is 0 Å². The fourth-order valence-corrected chi connectivity index (χ4v) is 1.52. The Morgan fingerprint density at radius 1 is 0.682 bits per heavy atom. The van der Waals surface area contributed by atoms with Gasteiger partial charge >= 0.3 is 12.2 Å². The van der Waals surface area contributed by atoms with Crippen LogP contribution in [0.25, 0.3) is 0 Å². The van der Waals surface area contributed by atoms with Crippen LogP contribution in [0, 0.1) is 0 Å². The van der Waals surface area contributed by atoms with Crippen molar-refractivity contribution in [2.75, 3.05) is 53.7 Å². The highest BCUT2D eigenvalue weighted by Crippen LogP contribution is 1.98. The Labute approximate surface area is 131 Å². The van der Waals surface area contributed by atoms with Crippen LogP contribution in [0.1, 0.15) is 25.7 Å².